The second-order valence-corrected chi connectivity index (χ2v) is 21.2. The first-order valence-electron chi connectivity index (χ1n) is 23.6. The monoisotopic (exact) mass is 858 g/mol. The van der Waals surface area contributed by atoms with Crippen molar-refractivity contribution in [2.24, 2.45) is 45.8 Å². The van der Waals surface area contributed by atoms with Crippen LogP contribution in [0, 0.1) is 45.8 Å². The van der Waals surface area contributed by atoms with Crippen molar-refractivity contribution < 1.29 is 53.1 Å². The highest BCUT2D eigenvalue weighted by molar-refractivity contribution is 5.92. The van der Waals surface area contributed by atoms with Gasteiger partial charge >= 0.3 is 11.9 Å². The Balaban J connectivity index is 1.05. The SMILES string of the molecule is CC1(C)OC2CC(=O)OCC23C1C(=O)C(O)C1(C2CCCC(Cc4ccccc4)C2)C3CCC2(C)C(c3ccoc3CC(CCCCC3CNCN3)C(O)CO)OC(=O)C3OC321. The van der Waals surface area contributed by atoms with E-state index < -0.39 is 69.9 Å². The predicted molar refractivity (Wildman–Crippen MR) is 224 cm³/mol. The second kappa shape index (κ2) is 15.8. The number of ether oxygens (including phenoxy) is 4. The Morgan fingerprint density at radius 3 is 2.58 bits per heavy atom. The summed E-state index contributed by atoms with van der Waals surface area (Å²) in [6.07, 6.45) is 5.98. The lowest BCUT2D eigenvalue weighted by molar-refractivity contribution is -0.276. The Morgan fingerprint density at radius 2 is 1.81 bits per heavy atom. The van der Waals surface area contributed by atoms with Crippen LogP contribution in [0.3, 0.4) is 0 Å². The molecule has 13 nitrogen and oxygen atoms in total. The predicted octanol–water partition coefficient (Wildman–Crippen LogP) is 4.73. The molecular weight excluding hydrogens is 793 g/mol. The van der Waals surface area contributed by atoms with Crippen molar-refractivity contribution in [3.8, 4) is 0 Å². The fourth-order valence-electron chi connectivity index (χ4n) is 15.4. The number of hydrogen-bond donors (Lipinski definition) is 5. The van der Waals surface area contributed by atoms with Crippen molar-refractivity contribution in [1.29, 1.82) is 0 Å². The van der Waals surface area contributed by atoms with E-state index in [4.69, 9.17) is 23.4 Å². The summed E-state index contributed by atoms with van der Waals surface area (Å²) in [6.45, 7) is 7.29. The number of rotatable bonds is 13. The standard InChI is InChI=1S/C49H66N2O11/c1-45(2)40-39(55)41(56)48(31-14-9-12-29(21-31)20-28-10-5-4-6-11-28)36(47(40)26-59-38(54)23-37(47)61-45)16-18-46(3)42(60-44(57)43-49(46,48)62-43)33-17-19-58-35(33)22-30(34(53)25-52)13-7-8-15-32-24-50-27-51-32/h4-6,10-11,17,19,29-32,34,36-37,40-43,50-53,56H,7-9,12-16,18,20-27H2,1-3H3. The summed E-state index contributed by atoms with van der Waals surface area (Å²) in [5.74, 6) is -1.95. The lowest BCUT2D eigenvalue weighted by Crippen LogP contribution is -2.79. The maximum Gasteiger partial charge on any atom is 0.339 e. The number of carbonyl (C=O) groups excluding carboxylic acids is 3. The van der Waals surface area contributed by atoms with Crippen LogP contribution in [0.25, 0.3) is 0 Å². The topological polar surface area (TPSA) is 189 Å². The smallest absolute Gasteiger partial charge is 0.339 e. The van der Waals surface area contributed by atoms with Gasteiger partial charge in [-0.25, -0.2) is 4.79 Å². The van der Waals surface area contributed by atoms with Crippen LogP contribution >= 0.6 is 0 Å². The number of benzene rings is 1. The molecule has 2 spiro atoms. The number of cyclic esters (lactones) is 2. The molecule has 1 aromatic heterocycles. The summed E-state index contributed by atoms with van der Waals surface area (Å²) >= 11 is 0. The summed E-state index contributed by atoms with van der Waals surface area (Å²) in [5, 5.41) is 41.4. The molecule has 10 rings (SSSR count). The van der Waals surface area contributed by atoms with Crippen LogP contribution in [0.1, 0.15) is 114 Å². The Bertz CT molecular complexity index is 2020. The van der Waals surface area contributed by atoms with Crippen molar-refractivity contribution in [3.05, 3.63) is 59.5 Å². The van der Waals surface area contributed by atoms with Crippen LogP contribution in [0.2, 0.25) is 0 Å². The van der Waals surface area contributed by atoms with E-state index in [0.29, 0.717) is 43.0 Å². The zero-order chi connectivity index (χ0) is 43.2. The van der Waals surface area contributed by atoms with E-state index >= 15 is 4.79 Å². The van der Waals surface area contributed by atoms with Crippen molar-refractivity contribution in [2.45, 2.75) is 152 Å². The van der Waals surface area contributed by atoms with Gasteiger partial charge in [0.15, 0.2) is 11.9 Å². The quantitative estimate of drug-likeness (QED) is 0.106. The molecule has 13 heteroatoms. The molecule has 8 aliphatic rings. The van der Waals surface area contributed by atoms with E-state index in [2.05, 4.69) is 41.8 Å². The third-order valence-corrected chi connectivity index (χ3v) is 17.8. The first-order valence-corrected chi connectivity index (χ1v) is 23.6. The third-order valence-electron chi connectivity index (χ3n) is 17.8. The number of nitrogens with one attached hydrogen (secondary N) is 2. The summed E-state index contributed by atoms with van der Waals surface area (Å²) in [5.41, 5.74) is -3.41. The van der Waals surface area contributed by atoms with Gasteiger partial charge in [0.25, 0.3) is 0 Å². The minimum Gasteiger partial charge on any atom is -0.469 e. The van der Waals surface area contributed by atoms with Crippen LogP contribution in [-0.4, -0.2) is 101 Å². The number of hydrogen-bond acceptors (Lipinski definition) is 13. The number of esters is 2. The van der Waals surface area contributed by atoms with Gasteiger partial charge in [0.2, 0.25) is 0 Å². The Hall–Kier alpha value is -3.17. The number of carbonyl (C=O) groups is 3. The first kappa shape index (κ1) is 42.8. The van der Waals surface area contributed by atoms with Gasteiger partial charge in [-0.1, -0.05) is 62.9 Å². The number of epoxide rings is 1. The molecule has 15 unspecified atom stereocenters. The molecule has 5 N–H and O–H groups in total. The van der Waals surface area contributed by atoms with E-state index in [1.54, 1.807) is 6.26 Å². The fraction of sp³-hybridized carbons (Fsp3) is 0.735. The molecule has 1 aromatic carbocycles. The largest absolute Gasteiger partial charge is 0.469 e. The van der Waals surface area contributed by atoms with Gasteiger partial charge in [0.1, 0.15) is 30.2 Å². The number of furan rings is 1. The molecule has 2 aromatic rings. The maximum atomic E-state index is 15.5. The Morgan fingerprint density at radius 1 is 0.984 bits per heavy atom. The summed E-state index contributed by atoms with van der Waals surface area (Å²) in [6, 6.07) is 12.7. The third kappa shape index (κ3) is 6.21. The van der Waals surface area contributed by atoms with Gasteiger partial charge in [0, 0.05) is 47.5 Å². The summed E-state index contributed by atoms with van der Waals surface area (Å²) < 4.78 is 32.6. The second-order valence-electron chi connectivity index (χ2n) is 21.2. The highest BCUT2D eigenvalue weighted by Gasteiger charge is 2.92. The van der Waals surface area contributed by atoms with Crippen LogP contribution < -0.4 is 10.6 Å². The molecule has 15 atom stereocenters. The first-order chi connectivity index (χ1) is 29.8. The van der Waals surface area contributed by atoms with Crippen LogP contribution in [-0.2, 0) is 46.2 Å². The average molecular weight is 859 g/mol. The number of ketones is 1. The van der Waals surface area contributed by atoms with Crippen molar-refractivity contribution >= 4 is 17.7 Å². The van der Waals surface area contributed by atoms with Gasteiger partial charge in [-0.2, -0.15) is 0 Å². The summed E-state index contributed by atoms with van der Waals surface area (Å²) in [7, 11) is 0. The zero-order valence-electron chi connectivity index (χ0n) is 36.5. The van der Waals surface area contributed by atoms with E-state index in [1.165, 1.54) is 5.56 Å². The fourth-order valence-corrected chi connectivity index (χ4v) is 15.4. The van der Waals surface area contributed by atoms with Crippen molar-refractivity contribution in [2.75, 3.05) is 26.4 Å². The van der Waals surface area contributed by atoms with E-state index in [0.717, 1.165) is 64.6 Å². The highest BCUT2D eigenvalue weighted by atomic mass is 16.7. The molecule has 5 saturated heterocycles. The normalized spacial score (nSPS) is 42.7. The zero-order valence-corrected chi connectivity index (χ0v) is 36.5. The van der Waals surface area contributed by atoms with Crippen molar-refractivity contribution in [1.82, 2.24) is 10.6 Å². The lowest BCUT2D eigenvalue weighted by atomic mass is 9.32. The molecule has 3 aliphatic carbocycles. The van der Waals surface area contributed by atoms with E-state index in [9.17, 15) is 24.9 Å². The minimum absolute atomic E-state index is 0.00941. The number of Topliss-reactive ketones (excluding diaryl/α,β-unsaturated/α-hetero) is 1. The molecule has 3 saturated carbocycles. The molecule has 338 valence electrons. The number of aliphatic hydroxyl groups excluding tert-OH is 3. The van der Waals surface area contributed by atoms with Gasteiger partial charge in [-0.3, -0.25) is 9.59 Å². The Kier molecular flexibility index (Phi) is 10.9. The molecule has 62 heavy (non-hydrogen) atoms. The molecule has 0 radical (unpaired) electrons. The highest BCUT2D eigenvalue weighted by Crippen LogP contribution is 2.82. The van der Waals surface area contributed by atoms with Crippen LogP contribution in [0.4, 0.5) is 0 Å². The van der Waals surface area contributed by atoms with Crippen molar-refractivity contribution in [3.63, 3.8) is 0 Å². The molecule has 6 heterocycles. The van der Waals surface area contributed by atoms with E-state index in [1.807, 2.05) is 26.0 Å². The van der Waals surface area contributed by atoms with Crippen LogP contribution in [0.5, 0.6) is 0 Å². The number of fused-ring (bicyclic) bond motifs is 1. The van der Waals surface area contributed by atoms with Gasteiger partial charge in [-0.15, -0.1) is 0 Å². The van der Waals surface area contributed by atoms with E-state index in [-0.39, 0.29) is 55.1 Å². The minimum atomic E-state index is -1.47. The molecule has 5 aliphatic heterocycles. The maximum absolute atomic E-state index is 15.5. The average Bonchev–Trinajstić information content (AvgIpc) is 3.49. The van der Waals surface area contributed by atoms with Gasteiger partial charge in [0.05, 0.1) is 43.0 Å². The number of aliphatic hydroxyl groups is 3. The van der Waals surface area contributed by atoms with Crippen LogP contribution in [0.15, 0.2) is 47.1 Å². The van der Waals surface area contributed by atoms with Gasteiger partial charge in [-0.05, 0) is 94.1 Å². The number of unbranched alkanes of at least 4 members (excludes halogenated alkanes) is 1. The molecule has 8 fully saturated rings. The molecular formula is C49H66N2O11. The molecule has 0 amide bonds. The lowest BCUT2D eigenvalue weighted by Gasteiger charge is -2.70. The summed E-state index contributed by atoms with van der Waals surface area (Å²) in [4.78, 5) is 43.2. The Labute approximate surface area is 364 Å². The molecule has 0 bridgehead atoms. The van der Waals surface area contributed by atoms with Gasteiger partial charge < -0.3 is 49.3 Å².